The van der Waals surface area contributed by atoms with Crippen molar-refractivity contribution in [2.75, 3.05) is 13.7 Å². The zero-order valence-corrected chi connectivity index (χ0v) is 16.1. The molecule has 1 fully saturated rings. The Bertz CT molecular complexity index is 1010. The number of ether oxygens (including phenoxy) is 2. The number of hydrogen-bond acceptors (Lipinski definition) is 3. The van der Waals surface area contributed by atoms with E-state index in [1.165, 1.54) is 11.6 Å². The number of rotatable bonds is 7. The number of nitrogens with one attached hydrogen (secondary N) is 1. The molecule has 4 nitrogen and oxygen atoms in total. The number of aromatic amines is 1. The topological polar surface area (TPSA) is 60.3 Å². The van der Waals surface area contributed by atoms with Gasteiger partial charge in [-0.3, -0.25) is 0 Å². The third kappa shape index (κ3) is 4.05. The molecule has 1 atom stereocenters. The van der Waals surface area contributed by atoms with Gasteiger partial charge in [0.1, 0.15) is 11.5 Å². The number of nitrogens with two attached hydrogens (primary N) is 1. The van der Waals surface area contributed by atoms with Gasteiger partial charge in [-0.15, -0.1) is 0 Å². The van der Waals surface area contributed by atoms with Gasteiger partial charge in [0.25, 0.3) is 0 Å². The van der Waals surface area contributed by atoms with Gasteiger partial charge in [0.05, 0.1) is 7.11 Å². The lowest BCUT2D eigenvalue weighted by Gasteiger charge is -2.24. The Morgan fingerprint density at radius 2 is 1.93 bits per heavy atom. The van der Waals surface area contributed by atoms with Gasteiger partial charge in [-0.1, -0.05) is 12.1 Å². The monoisotopic (exact) mass is 404 g/mol. The molecule has 1 saturated carbocycles. The number of H-pyrrole nitrogens is 1. The molecule has 0 spiro atoms. The second kappa shape index (κ2) is 7.30. The summed E-state index contributed by atoms with van der Waals surface area (Å²) in [5, 5.41) is 1.10. The molecular formula is C22H23F3N2O2. The van der Waals surface area contributed by atoms with Crippen LogP contribution in [0.25, 0.3) is 10.9 Å². The lowest BCUT2D eigenvalue weighted by Crippen LogP contribution is -2.36. The van der Waals surface area contributed by atoms with Crippen LogP contribution in [0.3, 0.4) is 0 Å². The Morgan fingerprint density at radius 3 is 2.62 bits per heavy atom. The smallest absolute Gasteiger partial charge is 0.422 e. The lowest BCUT2D eigenvalue weighted by atomic mass is 9.85. The van der Waals surface area contributed by atoms with Crippen LogP contribution in [0.15, 0.2) is 48.7 Å². The van der Waals surface area contributed by atoms with Gasteiger partial charge in [0.15, 0.2) is 6.61 Å². The van der Waals surface area contributed by atoms with Gasteiger partial charge in [0.2, 0.25) is 0 Å². The van der Waals surface area contributed by atoms with Crippen LogP contribution in [0.2, 0.25) is 0 Å². The molecule has 3 N–H and O–H groups in total. The van der Waals surface area contributed by atoms with Crippen molar-refractivity contribution in [1.29, 1.82) is 0 Å². The first-order valence-corrected chi connectivity index (χ1v) is 9.50. The summed E-state index contributed by atoms with van der Waals surface area (Å²) in [4.78, 5) is 3.31. The summed E-state index contributed by atoms with van der Waals surface area (Å²) < 4.78 is 47.4. The standard InChI is InChI=1S/C22H23F3N2O2/c1-28-15-5-6-19-17(11-15)18(12-27-19)21(7-8-21)20(26)10-14-3-2-4-16(9-14)29-13-22(23,24)25/h2-6,9,11-12,20,27H,7-8,10,13,26H2,1H3. The highest BCUT2D eigenvalue weighted by Crippen LogP contribution is 2.53. The number of methoxy groups -OCH3 is 1. The van der Waals surface area contributed by atoms with Gasteiger partial charge in [-0.25, -0.2) is 0 Å². The van der Waals surface area contributed by atoms with Crippen molar-refractivity contribution in [1.82, 2.24) is 4.98 Å². The van der Waals surface area contributed by atoms with E-state index in [1.54, 1.807) is 19.2 Å². The molecule has 0 saturated heterocycles. The molecule has 4 rings (SSSR count). The first-order chi connectivity index (χ1) is 13.8. The Kier molecular flexibility index (Phi) is 4.94. The van der Waals surface area contributed by atoms with Gasteiger partial charge >= 0.3 is 6.18 Å². The van der Waals surface area contributed by atoms with Crippen LogP contribution in [0.5, 0.6) is 11.5 Å². The third-order valence-electron chi connectivity index (χ3n) is 5.68. The normalized spacial score (nSPS) is 16.6. The summed E-state index contributed by atoms with van der Waals surface area (Å²) in [6, 6.07) is 12.5. The average molecular weight is 404 g/mol. The van der Waals surface area contributed by atoms with Gasteiger partial charge in [-0.05, 0) is 60.7 Å². The summed E-state index contributed by atoms with van der Waals surface area (Å²) >= 11 is 0. The molecule has 1 aliphatic rings. The molecule has 1 unspecified atom stereocenters. The maximum absolute atomic E-state index is 12.4. The van der Waals surface area contributed by atoms with Crippen molar-refractivity contribution in [2.24, 2.45) is 5.73 Å². The fourth-order valence-corrected chi connectivity index (χ4v) is 3.99. The minimum absolute atomic E-state index is 0.145. The molecule has 154 valence electrons. The Labute approximate surface area is 166 Å². The van der Waals surface area contributed by atoms with Crippen molar-refractivity contribution in [3.63, 3.8) is 0 Å². The van der Waals surface area contributed by atoms with E-state index in [9.17, 15) is 13.2 Å². The average Bonchev–Trinajstić information content (AvgIpc) is 3.39. The summed E-state index contributed by atoms with van der Waals surface area (Å²) in [6.45, 7) is -1.30. The first kappa shape index (κ1) is 19.6. The Hall–Kier alpha value is -2.67. The highest BCUT2D eigenvalue weighted by Gasteiger charge is 2.50. The van der Waals surface area contributed by atoms with E-state index in [4.69, 9.17) is 15.2 Å². The Morgan fingerprint density at radius 1 is 1.14 bits per heavy atom. The van der Waals surface area contributed by atoms with E-state index in [2.05, 4.69) is 4.98 Å². The molecule has 0 radical (unpaired) electrons. The third-order valence-corrected chi connectivity index (χ3v) is 5.68. The molecule has 7 heteroatoms. The number of halogens is 3. The van der Waals surface area contributed by atoms with E-state index >= 15 is 0 Å². The number of fused-ring (bicyclic) bond motifs is 1. The van der Waals surface area contributed by atoms with Crippen LogP contribution in [-0.2, 0) is 11.8 Å². The lowest BCUT2D eigenvalue weighted by molar-refractivity contribution is -0.153. The van der Waals surface area contributed by atoms with Crippen LogP contribution in [0.1, 0.15) is 24.0 Å². The van der Waals surface area contributed by atoms with E-state index < -0.39 is 12.8 Å². The quantitative estimate of drug-likeness (QED) is 0.599. The highest BCUT2D eigenvalue weighted by molar-refractivity contribution is 5.86. The van der Waals surface area contributed by atoms with Gasteiger partial charge in [-0.2, -0.15) is 13.2 Å². The molecule has 0 amide bonds. The number of benzene rings is 2. The predicted molar refractivity (Wildman–Crippen MR) is 105 cm³/mol. The van der Waals surface area contributed by atoms with E-state index in [1.807, 2.05) is 30.5 Å². The van der Waals surface area contributed by atoms with Crippen molar-refractivity contribution >= 4 is 10.9 Å². The zero-order valence-electron chi connectivity index (χ0n) is 16.1. The highest BCUT2D eigenvalue weighted by atomic mass is 19.4. The molecular weight excluding hydrogens is 381 g/mol. The molecule has 29 heavy (non-hydrogen) atoms. The second-order valence-electron chi connectivity index (χ2n) is 7.63. The Balaban J connectivity index is 1.54. The van der Waals surface area contributed by atoms with Crippen LogP contribution in [0, 0.1) is 0 Å². The predicted octanol–water partition coefficient (Wildman–Crippen LogP) is 4.72. The maximum atomic E-state index is 12.4. The minimum atomic E-state index is -4.36. The maximum Gasteiger partial charge on any atom is 0.422 e. The van der Waals surface area contributed by atoms with Crippen molar-refractivity contribution in [2.45, 2.75) is 36.9 Å². The molecule has 3 aromatic rings. The van der Waals surface area contributed by atoms with Crippen molar-refractivity contribution < 1.29 is 22.6 Å². The fraction of sp³-hybridized carbons (Fsp3) is 0.364. The van der Waals surface area contributed by atoms with Gasteiger partial charge < -0.3 is 20.2 Å². The summed E-state index contributed by atoms with van der Waals surface area (Å²) in [6.07, 6.45) is 0.158. The zero-order chi connectivity index (χ0) is 20.6. The number of hydrogen-bond donors (Lipinski definition) is 2. The van der Waals surface area contributed by atoms with Crippen molar-refractivity contribution in [3.8, 4) is 11.5 Å². The molecule has 0 aliphatic heterocycles. The van der Waals surface area contributed by atoms with Crippen LogP contribution in [-0.4, -0.2) is 30.9 Å². The summed E-state index contributed by atoms with van der Waals surface area (Å²) in [5.41, 5.74) is 9.54. The van der Waals surface area contributed by atoms with Crippen LogP contribution >= 0.6 is 0 Å². The summed E-state index contributed by atoms with van der Waals surface area (Å²) in [5.74, 6) is 0.992. The van der Waals surface area contributed by atoms with E-state index in [0.29, 0.717) is 6.42 Å². The first-order valence-electron chi connectivity index (χ1n) is 9.50. The number of aromatic nitrogens is 1. The molecule has 2 aromatic carbocycles. The minimum Gasteiger partial charge on any atom is -0.497 e. The number of alkyl halides is 3. The van der Waals surface area contributed by atoms with Crippen LogP contribution in [0.4, 0.5) is 13.2 Å². The van der Waals surface area contributed by atoms with Crippen LogP contribution < -0.4 is 15.2 Å². The van der Waals surface area contributed by atoms with Gasteiger partial charge in [0, 0.05) is 28.6 Å². The fourth-order valence-electron chi connectivity index (χ4n) is 3.99. The molecule has 1 aromatic heterocycles. The molecule has 1 aliphatic carbocycles. The largest absolute Gasteiger partial charge is 0.497 e. The van der Waals surface area contributed by atoms with Crippen molar-refractivity contribution in [3.05, 3.63) is 59.8 Å². The molecule has 1 heterocycles. The summed E-state index contributed by atoms with van der Waals surface area (Å²) in [7, 11) is 1.64. The molecule has 0 bridgehead atoms. The second-order valence-corrected chi connectivity index (χ2v) is 7.63. The van der Waals surface area contributed by atoms with E-state index in [-0.39, 0.29) is 17.2 Å². The van der Waals surface area contributed by atoms with E-state index in [0.717, 1.165) is 35.1 Å². The SMILES string of the molecule is COc1ccc2[nH]cc(C3(C(N)Cc4cccc(OCC(F)(F)F)c4)CC3)c2c1.